The number of carbonyl (C=O) groups is 2. The Hall–Kier alpha value is -1.07. The molecule has 0 aromatic rings. The molecule has 0 radical (unpaired) electrons. The van der Waals surface area contributed by atoms with Gasteiger partial charge in [0.05, 0.1) is 19.8 Å². The molecule has 10 nitrogen and oxygen atoms in total. The van der Waals surface area contributed by atoms with E-state index >= 15 is 0 Å². The van der Waals surface area contributed by atoms with Crippen molar-refractivity contribution in [3.05, 3.63) is 48.6 Å². The van der Waals surface area contributed by atoms with E-state index in [1.807, 2.05) is 0 Å². The molecule has 2 unspecified atom stereocenters. The molecule has 0 saturated carbocycles. The van der Waals surface area contributed by atoms with Crippen molar-refractivity contribution >= 4 is 19.8 Å². The molecule has 2 N–H and O–H groups in total. The first-order chi connectivity index (χ1) is 25.7. The van der Waals surface area contributed by atoms with E-state index in [0.717, 1.165) is 89.9 Å². The van der Waals surface area contributed by atoms with Gasteiger partial charge in [-0.05, 0) is 77.0 Å². The molecule has 0 aromatic carbocycles. The Balaban J connectivity index is 0. The number of allylic oxidation sites excluding steroid dienone is 8. The van der Waals surface area contributed by atoms with Crippen molar-refractivity contribution in [3.8, 4) is 0 Å². The molecule has 0 aliphatic carbocycles. The second-order valence-electron chi connectivity index (χ2n) is 13.6. The average Bonchev–Trinajstić information content (AvgIpc) is 3.14. The van der Waals surface area contributed by atoms with Gasteiger partial charge in [-0.3, -0.25) is 14.2 Å². The van der Waals surface area contributed by atoms with Crippen molar-refractivity contribution in [1.29, 1.82) is 0 Å². The molecule has 0 aromatic heterocycles. The van der Waals surface area contributed by atoms with Gasteiger partial charge < -0.3 is 33.6 Å². The third kappa shape index (κ3) is 40.6. The van der Waals surface area contributed by atoms with Crippen molar-refractivity contribution in [2.45, 2.75) is 180 Å². The van der Waals surface area contributed by atoms with Gasteiger partial charge in [-0.2, -0.15) is 0 Å². The van der Waals surface area contributed by atoms with E-state index in [1.165, 1.54) is 38.5 Å². The Morgan fingerprint density at radius 2 is 1.00 bits per heavy atom. The quantitative estimate of drug-likeness (QED) is 0.0222. The molecule has 54 heavy (non-hydrogen) atoms. The molecule has 0 amide bonds. The molecule has 0 aliphatic heterocycles. The molecule has 0 fully saturated rings. The van der Waals surface area contributed by atoms with Crippen LogP contribution in [0, 0.1) is 0 Å². The van der Waals surface area contributed by atoms with Gasteiger partial charge in [0.25, 0.3) is 7.82 Å². The maximum Gasteiger partial charge on any atom is 1.00 e. The number of phosphoric acid groups is 1. The van der Waals surface area contributed by atoms with Crippen LogP contribution in [0.3, 0.4) is 0 Å². The van der Waals surface area contributed by atoms with Gasteiger partial charge in [-0.15, -0.1) is 0 Å². The van der Waals surface area contributed by atoms with Gasteiger partial charge in [-0.1, -0.05) is 127 Å². The molecular weight excluding hydrogens is 718 g/mol. The zero-order valence-corrected chi connectivity index (χ0v) is 37.1. The van der Waals surface area contributed by atoms with Crippen molar-refractivity contribution in [3.63, 3.8) is 0 Å². The van der Waals surface area contributed by atoms with Crippen LogP contribution in [0.5, 0.6) is 0 Å². The van der Waals surface area contributed by atoms with Crippen LogP contribution >= 0.6 is 7.82 Å². The first kappa shape index (κ1) is 55.0. The summed E-state index contributed by atoms with van der Waals surface area (Å²) in [5.74, 6) is -0.996. The second kappa shape index (κ2) is 41.6. The number of carbonyl (C=O) groups excluding carboxylic acids is 2. The molecule has 0 aliphatic rings. The monoisotopic (exact) mass is 792 g/mol. The van der Waals surface area contributed by atoms with Gasteiger partial charge in [0.1, 0.15) is 12.7 Å². The number of aliphatic hydroxyl groups excluding tert-OH is 2. The van der Waals surface area contributed by atoms with E-state index in [0.29, 0.717) is 12.8 Å². The van der Waals surface area contributed by atoms with Gasteiger partial charge >= 0.3 is 41.5 Å². The number of esters is 2. The van der Waals surface area contributed by atoms with Gasteiger partial charge in [-0.25, -0.2) is 0 Å². The van der Waals surface area contributed by atoms with Crippen molar-refractivity contribution < 1.29 is 77.3 Å². The zero-order valence-electron chi connectivity index (χ0n) is 34.2. The fourth-order valence-electron chi connectivity index (χ4n) is 5.22. The number of ether oxygens (including phenoxy) is 2. The molecule has 0 bridgehead atoms. The molecule has 0 spiro atoms. The fraction of sp³-hybridized carbons (Fsp3) is 0.762. The van der Waals surface area contributed by atoms with Crippen LogP contribution in [0.2, 0.25) is 0 Å². The Kier molecular flexibility index (Phi) is 42.4. The summed E-state index contributed by atoms with van der Waals surface area (Å²) in [5.41, 5.74) is 0. The van der Waals surface area contributed by atoms with Crippen LogP contribution < -0.4 is 34.5 Å². The second-order valence-corrected chi connectivity index (χ2v) is 15.0. The minimum atomic E-state index is -4.87. The first-order valence-corrected chi connectivity index (χ1v) is 22.0. The molecule has 308 valence electrons. The molecular formula is C42H74NaO10P. The Labute approximate surface area is 350 Å². The van der Waals surface area contributed by atoms with E-state index in [2.05, 4.69) is 67.0 Å². The number of rotatable bonds is 38. The van der Waals surface area contributed by atoms with Gasteiger partial charge in [0.15, 0.2) is 6.10 Å². The topological polar surface area (TPSA) is 152 Å². The molecule has 0 rings (SSSR count). The summed E-state index contributed by atoms with van der Waals surface area (Å²) in [6, 6.07) is 0. The van der Waals surface area contributed by atoms with Crippen molar-refractivity contribution in [2.75, 3.05) is 26.4 Å². The predicted octanol–water partition coefficient (Wildman–Crippen LogP) is 6.93. The average molecular weight is 793 g/mol. The Morgan fingerprint density at radius 1 is 0.593 bits per heavy atom. The standard InChI is InChI=1S/C42H75O10P.Na/c1-3-5-7-9-11-13-15-17-19-21-23-25-27-29-31-33-41(45)49-37-40(38-51-53(47,48)50-36-39(44)35-43)52-42(46)34-32-30-28-26-24-22-20-18-16-14-12-10-8-6-4-2;/h11-14,17-20,39-40,43-44H,3-10,15-16,21-38H2,1-2H3,(H,47,48);/q;+1/p-1/b13-11+,14-12+,19-17+,20-18+;/t39?,40-;/m1./s1. The minimum Gasteiger partial charge on any atom is -0.756 e. The maximum absolute atomic E-state index is 12.6. The number of hydrogen-bond donors (Lipinski definition) is 2. The van der Waals surface area contributed by atoms with E-state index in [4.69, 9.17) is 19.1 Å². The third-order valence-corrected chi connectivity index (χ3v) is 9.38. The van der Waals surface area contributed by atoms with Gasteiger partial charge in [0, 0.05) is 12.8 Å². The van der Waals surface area contributed by atoms with Crippen LogP contribution in [0.25, 0.3) is 0 Å². The van der Waals surface area contributed by atoms with Crippen LogP contribution in [-0.4, -0.2) is 60.8 Å². The summed E-state index contributed by atoms with van der Waals surface area (Å²) in [7, 11) is -4.87. The SMILES string of the molecule is CCCCC/C=C/C/C=C/CCCCCCCC(=O)OC[C@H](COP(=O)([O-])OCC(O)CO)OC(=O)CCCCCCC/C=C/C/C=C/CCCCC.[Na+]. The smallest absolute Gasteiger partial charge is 0.756 e. The van der Waals surface area contributed by atoms with Crippen LogP contribution in [0.15, 0.2) is 48.6 Å². The zero-order chi connectivity index (χ0) is 39.1. The first-order valence-electron chi connectivity index (χ1n) is 20.6. The number of unbranched alkanes of at least 4 members (excludes halogenated alkanes) is 16. The summed E-state index contributed by atoms with van der Waals surface area (Å²) in [4.78, 5) is 37.1. The molecule has 3 atom stereocenters. The van der Waals surface area contributed by atoms with E-state index in [9.17, 15) is 24.2 Å². The fourth-order valence-corrected chi connectivity index (χ4v) is 6.00. The van der Waals surface area contributed by atoms with Crippen LogP contribution in [-0.2, 0) is 32.7 Å². The summed E-state index contributed by atoms with van der Waals surface area (Å²) in [6.45, 7) is 2.10. The Morgan fingerprint density at radius 3 is 1.46 bits per heavy atom. The molecule has 0 heterocycles. The van der Waals surface area contributed by atoms with Crippen LogP contribution in [0.1, 0.15) is 168 Å². The molecule has 12 heteroatoms. The summed E-state index contributed by atoms with van der Waals surface area (Å²) < 4.78 is 32.2. The van der Waals surface area contributed by atoms with Crippen LogP contribution in [0.4, 0.5) is 0 Å². The van der Waals surface area contributed by atoms with Crippen molar-refractivity contribution in [2.24, 2.45) is 0 Å². The minimum absolute atomic E-state index is 0. The van der Waals surface area contributed by atoms with E-state index in [-0.39, 0.29) is 49.0 Å². The van der Waals surface area contributed by atoms with E-state index in [1.54, 1.807) is 0 Å². The number of phosphoric ester groups is 1. The Bertz CT molecular complexity index is 1030. The largest absolute Gasteiger partial charge is 1.00 e. The maximum atomic E-state index is 12.6. The number of aliphatic hydroxyl groups is 2. The summed E-state index contributed by atoms with van der Waals surface area (Å²) in [6.07, 6.45) is 39.0. The number of hydrogen-bond acceptors (Lipinski definition) is 10. The third-order valence-electron chi connectivity index (χ3n) is 8.45. The van der Waals surface area contributed by atoms with Gasteiger partial charge in [0.2, 0.25) is 0 Å². The normalized spacial score (nSPS) is 14.2. The summed E-state index contributed by atoms with van der Waals surface area (Å²) >= 11 is 0. The van der Waals surface area contributed by atoms with E-state index < -0.39 is 51.8 Å². The summed E-state index contributed by atoms with van der Waals surface area (Å²) in [5, 5.41) is 18.3. The predicted molar refractivity (Wildman–Crippen MR) is 212 cm³/mol. The van der Waals surface area contributed by atoms with Crippen molar-refractivity contribution in [1.82, 2.24) is 0 Å². The molecule has 0 saturated heterocycles.